The van der Waals surface area contributed by atoms with Gasteiger partial charge in [0, 0.05) is 18.0 Å². The average Bonchev–Trinajstić information content (AvgIpc) is 3.36. The molecular formula is C31H31N3O6S2. The number of ether oxygens (including phenoxy) is 2. The Balaban J connectivity index is 1.57. The van der Waals surface area contributed by atoms with E-state index in [9.17, 15) is 18.0 Å². The van der Waals surface area contributed by atoms with Crippen molar-refractivity contribution in [2.24, 2.45) is 0 Å². The number of methoxy groups -OCH3 is 2. The van der Waals surface area contributed by atoms with Gasteiger partial charge in [-0.3, -0.25) is 9.10 Å². The Morgan fingerprint density at radius 3 is 2.36 bits per heavy atom. The zero-order chi connectivity index (χ0) is 29.9. The minimum Gasteiger partial charge on any atom is -0.497 e. The van der Waals surface area contributed by atoms with Crippen LogP contribution in [0.1, 0.15) is 36.7 Å². The number of nitrogens with zero attached hydrogens (tertiary/aromatic N) is 2. The number of amides is 1. The molecule has 0 saturated heterocycles. The van der Waals surface area contributed by atoms with Crippen LogP contribution < -0.4 is 14.4 Å². The van der Waals surface area contributed by atoms with E-state index in [1.165, 1.54) is 42.0 Å². The van der Waals surface area contributed by atoms with Crippen molar-refractivity contribution in [2.45, 2.75) is 24.4 Å². The quantitative estimate of drug-likeness (QED) is 0.262. The molecule has 1 aliphatic rings. The molecule has 11 heteroatoms. The van der Waals surface area contributed by atoms with Gasteiger partial charge in [-0.1, -0.05) is 42.5 Å². The van der Waals surface area contributed by atoms with E-state index in [1.54, 1.807) is 36.4 Å². The molecule has 218 valence electrons. The number of sulfonamides is 1. The van der Waals surface area contributed by atoms with Crippen molar-refractivity contribution < 1.29 is 27.5 Å². The van der Waals surface area contributed by atoms with Gasteiger partial charge >= 0.3 is 5.97 Å². The summed E-state index contributed by atoms with van der Waals surface area (Å²) in [5.41, 5.74) is 2.32. The lowest BCUT2D eigenvalue weighted by Gasteiger charge is -2.26. The Kier molecular flexibility index (Phi) is 8.62. The lowest BCUT2D eigenvalue weighted by Crippen LogP contribution is -2.32. The van der Waals surface area contributed by atoms with Crippen molar-refractivity contribution in [3.8, 4) is 5.75 Å². The summed E-state index contributed by atoms with van der Waals surface area (Å²) in [5, 5.41) is 3.29. The molecule has 4 aromatic rings. The topological polar surface area (TPSA) is 105 Å². The van der Waals surface area contributed by atoms with E-state index in [-0.39, 0.29) is 22.7 Å². The summed E-state index contributed by atoms with van der Waals surface area (Å²) in [6.07, 6.45) is 0.657. The van der Waals surface area contributed by atoms with Crippen LogP contribution in [-0.4, -0.2) is 53.0 Å². The molecule has 2 heterocycles. The number of rotatable bonds is 9. The molecule has 1 N–H and O–H groups in total. The van der Waals surface area contributed by atoms with Crippen LogP contribution >= 0.6 is 11.3 Å². The minimum absolute atomic E-state index is 0.00740. The molecular weight excluding hydrogens is 574 g/mol. The van der Waals surface area contributed by atoms with Crippen molar-refractivity contribution >= 4 is 43.9 Å². The number of benzene rings is 3. The highest BCUT2D eigenvalue weighted by atomic mass is 32.2. The fraction of sp³-hybridized carbons (Fsp3) is 0.226. The van der Waals surface area contributed by atoms with E-state index in [2.05, 4.69) is 10.2 Å². The Bertz CT molecular complexity index is 1700. The van der Waals surface area contributed by atoms with Crippen molar-refractivity contribution in [1.82, 2.24) is 4.90 Å². The van der Waals surface area contributed by atoms with Crippen LogP contribution in [0.15, 0.2) is 83.8 Å². The molecule has 1 aliphatic heterocycles. The number of hydrogen-bond donors (Lipinski definition) is 1. The lowest BCUT2D eigenvalue weighted by atomic mass is 10.0. The van der Waals surface area contributed by atoms with Gasteiger partial charge in [-0.25, -0.2) is 13.2 Å². The van der Waals surface area contributed by atoms with Gasteiger partial charge in [0.05, 0.1) is 42.5 Å². The van der Waals surface area contributed by atoms with Gasteiger partial charge < -0.3 is 19.7 Å². The van der Waals surface area contributed by atoms with Gasteiger partial charge in [0.2, 0.25) is 0 Å². The molecule has 42 heavy (non-hydrogen) atoms. The van der Waals surface area contributed by atoms with Gasteiger partial charge in [-0.05, 0) is 61.0 Å². The van der Waals surface area contributed by atoms with Crippen molar-refractivity contribution in [2.75, 3.05) is 37.4 Å². The fourth-order valence-corrected chi connectivity index (χ4v) is 7.70. The molecule has 0 radical (unpaired) electrons. The average molecular weight is 606 g/mol. The largest absolute Gasteiger partial charge is 0.497 e. The summed E-state index contributed by atoms with van der Waals surface area (Å²) in [5.74, 6) is -0.534. The molecule has 0 bridgehead atoms. The van der Waals surface area contributed by atoms with Crippen LogP contribution in [0.25, 0.3) is 0 Å². The number of thiophene rings is 1. The number of likely N-dealkylation sites (N-methyl/N-ethyl adjacent to an activating group) is 1. The second-order valence-corrected chi connectivity index (χ2v) is 12.8. The molecule has 0 atom stereocenters. The number of anilines is 2. The Labute approximate surface area is 249 Å². The number of hydrogen-bond acceptors (Lipinski definition) is 8. The zero-order valence-corrected chi connectivity index (χ0v) is 25.1. The Morgan fingerprint density at radius 1 is 0.976 bits per heavy atom. The Morgan fingerprint density at radius 2 is 1.67 bits per heavy atom. The smallest absolute Gasteiger partial charge is 0.341 e. The summed E-state index contributed by atoms with van der Waals surface area (Å²) in [4.78, 5) is 29.9. The molecule has 0 saturated carbocycles. The van der Waals surface area contributed by atoms with Crippen LogP contribution in [0.4, 0.5) is 10.7 Å². The summed E-state index contributed by atoms with van der Waals surface area (Å²) in [6.45, 7) is 1.43. The summed E-state index contributed by atoms with van der Waals surface area (Å²) in [7, 11) is 0.701. The SMILES string of the molecule is COC(=O)c1c(NC(=O)c2ccccc2N(Cc2ccccc2)S(=O)(=O)c2ccc(OC)cc2)sc2c1CCN(C)C2. The maximum atomic E-state index is 14.1. The molecule has 9 nitrogen and oxygen atoms in total. The molecule has 5 rings (SSSR count). The van der Waals surface area contributed by atoms with E-state index in [1.807, 2.05) is 37.4 Å². The Hall–Kier alpha value is -4.19. The third kappa shape index (κ3) is 5.89. The summed E-state index contributed by atoms with van der Waals surface area (Å²) < 4.78 is 39.7. The predicted molar refractivity (Wildman–Crippen MR) is 163 cm³/mol. The molecule has 0 spiro atoms. The highest BCUT2D eigenvalue weighted by Crippen LogP contribution is 2.38. The highest BCUT2D eigenvalue weighted by molar-refractivity contribution is 7.92. The highest BCUT2D eigenvalue weighted by Gasteiger charge is 2.31. The summed E-state index contributed by atoms with van der Waals surface area (Å²) in [6, 6.07) is 21.8. The number of nitrogens with one attached hydrogen (secondary N) is 1. The number of esters is 1. The van der Waals surface area contributed by atoms with Gasteiger partial charge in [0.1, 0.15) is 10.8 Å². The second-order valence-electron chi connectivity index (χ2n) is 9.83. The van der Waals surface area contributed by atoms with Crippen molar-refractivity contribution in [1.29, 1.82) is 0 Å². The van der Waals surface area contributed by atoms with E-state index in [0.717, 1.165) is 22.5 Å². The zero-order valence-electron chi connectivity index (χ0n) is 23.5. The molecule has 0 aliphatic carbocycles. The fourth-order valence-electron chi connectivity index (χ4n) is 4.91. The lowest BCUT2D eigenvalue weighted by molar-refractivity contribution is 0.0600. The molecule has 1 aromatic heterocycles. The minimum atomic E-state index is -4.12. The number of carbonyl (C=O) groups is 2. The molecule has 3 aromatic carbocycles. The predicted octanol–water partition coefficient (Wildman–Crippen LogP) is 5.18. The normalized spacial score (nSPS) is 13.2. The van der Waals surface area contributed by atoms with Crippen LogP contribution in [0.2, 0.25) is 0 Å². The first-order valence-corrected chi connectivity index (χ1v) is 15.5. The van der Waals surface area contributed by atoms with Crippen LogP contribution in [0.3, 0.4) is 0 Å². The first-order chi connectivity index (χ1) is 20.2. The summed E-state index contributed by atoms with van der Waals surface area (Å²) >= 11 is 1.34. The third-order valence-electron chi connectivity index (χ3n) is 7.10. The first kappa shape index (κ1) is 29.3. The van der Waals surface area contributed by atoms with Gasteiger partial charge in [-0.2, -0.15) is 0 Å². The standard InChI is InChI=1S/C31H31N3O6S2/c1-33-18-17-25-27(20-33)41-30(28(25)31(36)40-3)32-29(35)24-11-7-8-12-26(24)34(19-21-9-5-4-6-10-21)42(37,38)23-15-13-22(39-2)14-16-23/h4-16H,17-20H2,1-3H3,(H,32,35). The van der Waals surface area contributed by atoms with E-state index in [4.69, 9.17) is 9.47 Å². The number of para-hydroxylation sites is 1. The van der Waals surface area contributed by atoms with E-state index >= 15 is 0 Å². The van der Waals surface area contributed by atoms with Crippen LogP contribution in [0, 0.1) is 0 Å². The van der Waals surface area contributed by atoms with E-state index < -0.39 is 21.9 Å². The number of fused-ring (bicyclic) bond motifs is 1. The van der Waals surface area contributed by atoms with Crippen molar-refractivity contribution in [3.63, 3.8) is 0 Å². The maximum absolute atomic E-state index is 14.1. The maximum Gasteiger partial charge on any atom is 0.341 e. The second kappa shape index (κ2) is 12.4. The van der Waals surface area contributed by atoms with Crippen molar-refractivity contribution in [3.05, 3.63) is 106 Å². The number of carbonyl (C=O) groups excluding carboxylic acids is 2. The molecule has 0 unspecified atom stereocenters. The molecule has 0 fully saturated rings. The van der Waals surface area contributed by atoms with Crippen LogP contribution in [-0.2, 0) is 34.3 Å². The van der Waals surface area contributed by atoms with Gasteiger partial charge in [0.25, 0.3) is 15.9 Å². The third-order valence-corrected chi connectivity index (χ3v) is 10.0. The first-order valence-electron chi connectivity index (χ1n) is 13.3. The van der Waals surface area contributed by atoms with Gasteiger partial charge in [-0.15, -0.1) is 11.3 Å². The van der Waals surface area contributed by atoms with Crippen LogP contribution in [0.5, 0.6) is 5.75 Å². The monoisotopic (exact) mass is 605 g/mol. The molecule has 1 amide bonds. The van der Waals surface area contributed by atoms with E-state index in [0.29, 0.717) is 29.3 Å². The van der Waals surface area contributed by atoms with Gasteiger partial charge in [0.15, 0.2) is 0 Å².